The number of nitrogens with one attached hydrogen (secondary N) is 1. The molecule has 0 amide bonds. The molecule has 0 saturated carbocycles. The van der Waals surface area contributed by atoms with Gasteiger partial charge in [0.05, 0.1) is 19.0 Å². The summed E-state index contributed by atoms with van der Waals surface area (Å²) in [5.74, 6) is -0.790. The number of aromatic nitrogens is 2. The quantitative estimate of drug-likeness (QED) is 0.814. The number of nitrogens with zero attached hydrogens (tertiary/aromatic N) is 1. The van der Waals surface area contributed by atoms with Crippen LogP contribution in [0.15, 0.2) is 30.5 Å². The van der Waals surface area contributed by atoms with Crippen molar-refractivity contribution < 1.29 is 13.9 Å². The molecule has 0 fully saturated rings. The van der Waals surface area contributed by atoms with Gasteiger partial charge >= 0.3 is 5.97 Å². The Balaban J connectivity index is 2.22. The summed E-state index contributed by atoms with van der Waals surface area (Å²) in [5, 5.41) is 6.76. The van der Waals surface area contributed by atoms with Crippen molar-refractivity contribution in [2.45, 2.75) is 12.5 Å². The van der Waals surface area contributed by atoms with Gasteiger partial charge in [-0.15, -0.1) is 0 Å². The van der Waals surface area contributed by atoms with E-state index >= 15 is 0 Å². The van der Waals surface area contributed by atoms with Crippen LogP contribution in [0.4, 0.5) is 4.39 Å². The maximum atomic E-state index is 12.9. The zero-order chi connectivity index (χ0) is 13.8. The minimum absolute atomic E-state index is 0.301. The van der Waals surface area contributed by atoms with Crippen LogP contribution < -0.4 is 5.73 Å². The first kappa shape index (κ1) is 13.2. The predicted octanol–water partition coefficient (Wildman–Crippen LogP) is 1.26. The minimum atomic E-state index is -0.748. The number of H-pyrrole nitrogens is 1. The Morgan fingerprint density at radius 1 is 1.47 bits per heavy atom. The zero-order valence-electron chi connectivity index (χ0n) is 10.4. The lowest BCUT2D eigenvalue weighted by Crippen LogP contribution is -2.33. The fourth-order valence-electron chi connectivity index (χ4n) is 1.80. The van der Waals surface area contributed by atoms with Gasteiger partial charge in [-0.3, -0.25) is 9.89 Å². The summed E-state index contributed by atoms with van der Waals surface area (Å²) in [7, 11) is 1.29. The normalized spacial score (nSPS) is 12.2. The molecule has 1 atom stereocenters. The van der Waals surface area contributed by atoms with E-state index in [0.29, 0.717) is 6.42 Å². The second-order valence-electron chi connectivity index (χ2n) is 4.11. The molecule has 6 heteroatoms. The number of rotatable bonds is 4. The van der Waals surface area contributed by atoms with Gasteiger partial charge in [-0.25, -0.2) is 4.39 Å². The lowest BCUT2D eigenvalue weighted by Gasteiger charge is -2.09. The van der Waals surface area contributed by atoms with Crippen molar-refractivity contribution in [3.63, 3.8) is 0 Å². The average Bonchev–Trinajstić information content (AvgIpc) is 2.86. The molecule has 3 N–H and O–H groups in total. The van der Waals surface area contributed by atoms with E-state index in [4.69, 9.17) is 5.73 Å². The molecule has 1 unspecified atom stereocenters. The molecule has 0 aliphatic carbocycles. The fraction of sp³-hybridized carbons (Fsp3) is 0.231. The first-order chi connectivity index (χ1) is 9.11. The largest absolute Gasteiger partial charge is 0.468 e. The highest BCUT2D eigenvalue weighted by Gasteiger charge is 2.18. The molecule has 0 aliphatic heterocycles. The van der Waals surface area contributed by atoms with E-state index in [0.717, 1.165) is 16.8 Å². The summed E-state index contributed by atoms with van der Waals surface area (Å²) in [6.07, 6.45) is 1.90. The van der Waals surface area contributed by atoms with E-state index in [-0.39, 0.29) is 5.82 Å². The molecule has 0 radical (unpaired) electrons. The van der Waals surface area contributed by atoms with Crippen molar-refractivity contribution >= 4 is 5.97 Å². The number of ether oxygens (including phenoxy) is 1. The number of esters is 1. The number of hydrogen-bond acceptors (Lipinski definition) is 4. The highest BCUT2D eigenvalue weighted by Crippen LogP contribution is 2.22. The van der Waals surface area contributed by atoms with Crippen LogP contribution in [-0.2, 0) is 16.0 Å². The molecular formula is C13H14FN3O2. The Morgan fingerprint density at radius 2 is 2.16 bits per heavy atom. The number of nitrogens with two attached hydrogens (primary N) is 1. The van der Waals surface area contributed by atoms with Gasteiger partial charge in [-0.2, -0.15) is 5.10 Å². The number of halogens is 1. The number of methoxy groups -OCH3 is 1. The van der Waals surface area contributed by atoms with Gasteiger partial charge in [0, 0.05) is 12.0 Å². The molecule has 2 rings (SSSR count). The summed E-state index contributed by atoms with van der Waals surface area (Å²) >= 11 is 0. The van der Waals surface area contributed by atoms with Gasteiger partial charge in [0.2, 0.25) is 0 Å². The summed E-state index contributed by atoms with van der Waals surface area (Å²) in [6, 6.07) is 5.24. The fourth-order valence-corrected chi connectivity index (χ4v) is 1.80. The minimum Gasteiger partial charge on any atom is -0.468 e. The first-order valence-corrected chi connectivity index (χ1v) is 5.73. The predicted molar refractivity (Wildman–Crippen MR) is 67.7 cm³/mol. The third-order valence-electron chi connectivity index (χ3n) is 2.79. The highest BCUT2D eigenvalue weighted by atomic mass is 19.1. The summed E-state index contributed by atoms with van der Waals surface area (Å²) < 4.78 is 17.5. The monoisotopic (exact) mass is 263 g/mol. The second-order valence-corrected chi connectivity index (χ2v) is 4.11. The molecule has 1 heterocycles. The van der Waals surface area contributed by atoms with Crippen LogP contribution in [0.2, 0.25) is 0 Å². The summed E-state index contributed by atoms with van der Waals surface area (Å²) in [6.45, 7) is 0. The molecule has 0 aliphatic rings. The lowest BCUT2D eigenvalue weighted by molar-refractivity contribution is -0.142. The van der Waals surface area contributed by atoms with Gasteiger partial charge in [-0.05, 0) is 29.8 Å². The Bertz CT molecular complexity index is 566. The van der Waals surface area contributed by atoms with Crippen molar-refractivity contribution in [3.05, 3.63) is 41.8 Å². The van der Waals surface area contributed by atoms with Crippen molar-refractivity contribution in [2.75, 3.05) is 7.11 Å². The third kappa shape index (κ3) is 2.97. The zero-order valence-corrected chi connectivity index (χ0v) is 10.4. The van der Waals surface area contributed by atoms with E-state index in [1.165, 1.54) is 19.2 Å². The van der Waals surface area contributed by atoms with Crippen molar-refractivity contribution in [2.24, 2.45) is 5.73 Å². The van der Waals surface area contributed by atoms with Crippen molar-refractivity contribution in [3.8, 4) is 11.3 Å². The number of hydrogen-bond donors (Lipinski definition) is 2. The molecule has 2 aromatic rings. The van der Waals surface area contributed by atoms with Gasteiger partial charge in [0.15, 0.2) is 0 Å². The molecule has 5 nitrogen and oxygen atoms in total. The lowest BCUT2D eigenvalue weighted by atomic mass is 10.0. The van der Waals surface area contributed by atoms with Crippen LogP contribution in [0, 0.1) is 5.82 Å². The molecule has 1 aromatic carbocycles. The third-order valence-corrected chi connectivity index (χ3v) is 2.79. The van der Waals surface area contributed by atoms with E-state index in [9.17, 15) is 9.18 Å². The van der Waals surface area contributed by atoms with Crippen molar-refractivity contribution in [1.29, 1.82) is 0 Å². The topological polar surface area (TPSA) is 81.0 Å². The summed E-state index contributed by atoms with van der Waals surface area (Å²) in [5.41, 5.74) is 8.00. The molecule has 1 aromatic heterocycles. The number of aromatic amines is 1. The number of carbonyl (C=O) groups excluding carboxylic acids is 1. The summed E-state index contributed by atoms with van der Waals surface area (Å²) in [4.78, 5) is 11.3. The van der Waals surface area contributed by atoms with Crippen LogP contribution in [0.25, 0.3) is 11.3 Å². The average molecular weight is 263 g/mol. The first-order valence-electron chi connectivity index (χ1n) is 5.73. The maximum Gasteiger partial charge on any atom is 0.322 e. The van der Waals surface area contributed by atoms with E-state index in [1.807, 2.05) is 0 Å². The molecule has 100 valence electrons. The number of benzene rings is 1. The van der Waals surface area contributed by atoms with Gasteiger partial charge < -0.3 is 10.5 Å². The molecule has 0 bridgehead atoms. The second kappa shape index (κ2) is 5.62. The Hall–Kier alpha value is -2.21. The van der Waals surface area contributed by atoms with E-state index in [1.54, 1.807) is 18.3 Å². The van der Waals surface area contributed by atoms with Crippen molar-refractivity contribution in [1.82, 2.24) is 10.2 Å². The van der Waals surface area contributed by atoms with Gasteiger partial charge in [0.25, 0.3) is 0 Å². The standard InChI is InChI=1S/C13H14FN3O2/c1-19-13(18)11(15)6-9-7-16-17-12(9)8-2-4-10(14)5-3-8/h2-5,7,11H,6,15H2,1H3,(H,16,17). The Kier molecular flexibility index (Phi) is 3.91. The van der Waals surface area contributed by atoms with Crippen LogP contribution in [0.5, 0.6) is 0 Å². The Morgan fingerprint density at radius 3 is 2.79 bits per heavy atom. The SMILES string of the molecule is COC(=O)C(N)Cc1cn[nH]c1-c1ccc(F)cc1. The maximum absolute atomic E-state index is 12.9. The van der Waals surface area contributed by atoms with Gasteiger partial charge in [-0.1, -0.05) is 0 Å². The Labute approximate surface area is 109 Å². The molecule has 19 heavy (non-hydrogen) atoms. The molecular weight excluding hydrogens is 249 g/mol. The highest BCUT2D eigenvalue weighted by molar-refractivity contribution is 5.76. The number of carbonyl (C=O) groups is 1. The molecule has 0 spiro atoms. The van der Waals surface area contributed by atoms with E-state index < -0.39 is 12.0 Å². The van der Waals surface area contributed by atoms with Crippen LogP contribution in [0.1, 0.15) is 5.56 Å². The molecule has 0 saturated heterocycles. The van der Waals surface area contributed by atoms with Crippen LogP contribution in [0.3, 0.4) is 0 Å². The smallest absolute Gasteiger partial charge is 0.322 e. The van der Waals surface area contributed by atoms with E-state index in [2.05, 4.69) is 14.9 Å². The van der Waals surface area contributed by atoms with Crippen LogP contribution in [-0.4, -0.2) is 29.3 Å². The van der Waals surface area contributed by atoms with Gasteiger partial charge in [0.1, 0.15) is 11.9 Å². The van der Waals surface area contributed by atoms with Crippen LogP contribution >= 0.6 is 0 Å².